The van der Waals surface area contributed by atoms with Crippen LogP contribution in [0.3, 0.4) is 0 Å². The van der Waals surface area contributed by atoms with E-state index in [9.17, 15) is 0 Å². The van der Waals surface area contributed by atoms with Gasteiger partial charge in [0.15, 0.2) is 5.96 Å². The van der Waals surface area contributed by atoms with Gasteiger partial charge < -0.3 is 15.1 Å². The molecular formula is C17H32IN5S. The number of nitrogens with zero attached hydrogens (tertiary/aromatic N) is 4. The Morgan fingerprint density at radius 1 is 1.42 bits per heavy atom. The Labute approximate surface area is 168 Å². The number of rotatable bonds is 6. The molecule has 1 unspecified atom stereocenters. The third-order valence-corrected chi connectivity index (χ3v) is 5.34. The first-order valence-electron chi connectivity index (χ1n) is 8.50. The van der Waals surface area contributed by atoms with Crippen molar-refractivity contribution in [1.29, 1.82) is 0 Å². The molecule has 0 spiro atoms. The number of hydrogen-bond acceptors (Lipinski definition) is 4. The molecule has 0 aromatic carbocycles. The molecule has 1 aromatic heterocycles. The maximum atomic E-state index is 4.89. The zero-order valence-electron chi connectivity index (χ0n) is 15.4. The van der Waals surface area contributed by atoms with E-state index in [2.05, 4.69) is 65.6 Å². The summed E-state index contributed by atoms with van der Waals surface area (Å²) in [4.78, 5) is 13.4. The lowest BCUT2D eigenvalue weighted by Crippen LogP contribution is -2.51. The molecule has 0 saturated carbocycles. The van der Waals surface area contributed by atoms with Crippen molar-refractivity contribution in [2.24, 2.45) is 4.99 Å². The van der Waals surface area contributed by atoms with Crippen LogP contribution in [0.15, 0.2) is 22.5 Å². The molecule has 138 valence electrons. The first-order chi connectivity index (χ1) is 11.1. The molecule has 24 heavy (non-hydrogen) atoms. The van der Waals surface area contributed by atoms with E-state index < -0.39 is 0 Å². The van der Waals surface area contributed by atoms with Crippen molar-refractivity contribution in [2.75, 3.05) is 60.4 Å². The topological polar surface area (TPSA) is 34.1 Å². The lowest BCUT2D eigenvalue weighted by molar-refractivity contribution is 0.119. The van der Waals surface area contributed by atoms with Crippen molar-refractivity contribution in [1.82, 2.24) is 20.0 Å². The van der Waals surface area contributed by atoms with E-state index in [4.69, 9.17) is 4.99 Å². The lowest BCUT2D eigenvalue weighted by Gasteiger charge is -2.37. The van der Waals surface area contributed by atoms with Gasteiger partial charge in [-0.1, -0.05) is 6.07 Å². The Morgan fingerprint density at radius 2 is 2.21 bits per heavy atom. The predicted octanol–water partition coefficient (Wildman–Crippen LogP) is 2.05. The zero-order valence-corrected chi connectivity index (χ0v) is 18.5. The third-order valence-electron chi connectivity index (χ3n) is 4.40. The van der Waals surface area contributed by atoms with E-state index in [0.717, 1.165) is 51.6 Å². The van der Waals surface area contributed by atoms with Gasteiger partial charge in [-0.2, -0.15) is 0 Å². The highest BCUT2D eigenvalue weighted by atomic mass is 127. The van der Waals surface area contributed by atoms with E-state index in [1.54, 1.807) is 0 Å². The van der Waals surface area contributed by atoms with Crippen molar-refractivity contribution < 1.29 is 0 Å². The molecule has 5 nitrogen and oxygen atoms in total. The van der Waals surface area contributed by atoms with Crippen molar-refractivity contribution in [3.63, 3.8) is 0 Å². The molecule has 1 N–H and O–H groups in total. The second-order valence-electron chi connectivity index (χ2n) is 6.34. The Morgan fingerprint density at radius 3 is 2.88 bits per heavy atom. The van der Waals surface area contributed by atoms with E-state index in [1.807, 2.05) is 11.3 Å². The van der Waals surface area contributed by atoms with Crippen LogP contribution in [0.4, 0.5) is 0 Å². The number of nitrogens with one attached hydrogen (secondary N) is 1. The lowest BCUT2D eigenvalue weighted by atomic mass is 10.2. The van der Waals surface area contributed by atoms with Crippen molar-refractivity contribution in [3.05, 3.63) is 22.4 Å². The Balaban J connectivity index is 0.00000288. The molecule has 1 fully saturated rings. The highest BCUT2D eigenvalue weighted by molar-refractivity contribution is 14.0. The smallest absolute Gasteiger partial charge is 0.193 e. The zero-order chi connectivity index (χ0) is 16.7. The fraction of sp³-hybridized carbons (Fsp3) is 0.706. The number of thiophene rings is 1. The van der Waals surface area contributed by atoms with Gasteiger partial charge in [0.05, 0.1) is 6.54 Å². The van der Waals surface area contributed by atoms with Gasteiger partial charge >= 0.3 is 0 Å². The van der Waals surface area contributed by atoms with Crippen LogP contribution in [0.5, 0.6) is 0 Å². The van der Waals surface area contributed by atoms with E-state index in [1.165, 1.54) is 4.88 Å². The van der Waals surface area contributed by atoms with Crippen molar-refractivity contribution in [2.45, 2.75) is 19.4 Å². The summed E-state index contributed by atoms with van der Waals surface area (Å²) in [6.07, 6.45) is 1.07. The molecule has 1 atom stereocenters. The summed E-state index contributed by atoms with van der Waals surface area (Å²) in [7, 11) is 6.54. The first-order valence-corrected chi connectivity index (χ1v) is 9.38. The number of halogens is 1. The normalized spacial score (nSPS) is 19.8. The minimum Gasteiger partial charge on any atom is -0.357 e. The van der Waals surface area contributed by atoms with Crippen molar-refractivity contribution >= 4 is 41.3 Å². The van der Waals surface area contributed by atoms with Crippen LogP contribution in [0.1, 0.15) is 11.8 Å². The molecule has 1 saturated heterocycles. The molecule has 2 heterocycles. The van der Waals surface area contributed by atoms with Gasteiger partial charge in [-0.15, -0.1) is 35.3 Å². The largest absolute Gasteiger partial charge is 0.357 e. The standard InChI is InChI=1S/C17H31N5S.HI/c1-5-18-17(22(4)9-8-16-7-6-12-23-16)19-13-15-14-20(2)10-11-21(15)3;/h6-7,12,15H,5,8-11,13-14H2,1-4H3,(H,18,19);1H. The van der Waals surface area contributed by atoms with E-state index in [-0.39, 0.29) is 24.0 Å². The number of piperazine rings is 1. The molecule has 7 heteroatoms. The van der Waals surface area contributed by atoms with Crippen LogP contribution in [-0.4, -0.2) is 87.1 Å². The van der Waals surface area contributed by atoms with Crippen LogP contribution in [0, 0.1) is 0 Å². The van der Waals surface area contributed by atoms with Gasteiger partial charge in [0.25, 0.3) is 0 Å². The molecule has 0 bridgehead atoms. The summed E-state index contributed by atoms with van der Waals surface area (Å²) in [5, 5.41) is 5.57. The van der Waals surface area contributed by atoms with Gasteiger partial charge in [-0.05, 0) is 38.9 Å². The van der Waals surface area contributed by atoms with Crippen LogP contribution < -0.4 is 5.32 Å². The molecule has 0 aliphatic carbocycles. The van der Waals surface area contributed by atoms with Crippen LogP contribution >= 0.6 is 35.3 Å². The molecule has 1 aliphatic rings. The first kappa shape index (κ1) is 21.7. The minimum atomic E-state index is 0. The van der Waals surface area contributed by atoms with E-state index >= 15 is 0 Å². The van der Waals surface area contributed by atoms with Gasteiger partial charge in [-0.3, -0.25) is 9.89 Å². The summed E-state index contributed by atoms with van der Waals surface area (Å²) in [5.41, 5.74) is 0. The highest BCUT2D eigenvalue weighted by Crippen LogP contribution is 2.10. The molecule has 0 radical (unpaired) electrons. The maximum absolute atomic E-state index is 4.89. The number of hydrogen-bond donors (Lipinski definition) is 1. The summed E-state index contributed by atoms with van der Waals surface area (Å²) in [6.45, 7) is 8.25. The highest BCUT2D eigenvalue weighted by Gasteiger charge is 2.22. The van der Waals surface area contributed by atoms with Crippen LogP contribution in [-0.2, 0) is 6.42 Å². The molecular weight excluding hydrogens is 433 g/mol. The van der Waals surface area contributed by atoms with Gasteiger partial charge in [0, 0.05) is 50.7 Å². The second kappa shape index (κ2) is 11.3. The molecule has 1 aromatic rings. The molecule has 2 rings (SSSR count). The van der Waals surface area contributed by atoms with E-state index in [0.29, 0.717) is 6.04 Å². The monoisotopic (exact) mass is 465 g/mol. The fourth-order valence-corrected chi connectivity index (χ4v) is 3.50. The number of likely N-dealkylation sites (N-methyl/N-ethyl adjacent to an activating group) is 3. The average molecular weight is 465 g/mol. The fourth-order valence-electron chi connectivity index (χ4n) is 2.80. The Kier molecular flexibility index (Phi) is 10.2. The van der Waals surface area contributed by atoms with Gasteiger partial charge in [0.1, 0.15) is 0 Å². The van der Waals surface area contributed by atoms with Crippen LogP contribution in [0.2, 0.25) is 0 Å². The Hall–Kier alpha value is -0.380. The second-order valence-corrected chi connectivity index (χ2v) is 7.37. The van der Waals surface area contributed by atoms with Crippen molar-refractivity contribution in [3.8, 4) is 0 Å². The average Bonchev–Trinajstić information content (AvgIpc) is 3.05. The quantitative estimate of drug-likeness (QED) is 0.396. The SMILES string of the molecule is CCNC(=NCC1CN(C)CCN1C)N(C)CCc1cccs1.I. The number of guanidine groups is 1. The molecule has 1 aliphatic heterocycles. The molecule has 0 amide bonds. The van der Waals surface area contributed by atoms with Gasteiger partial charge in [0.2, 0.25) is 0 Å². The van der Waals surface area contributed by atoms with Gasteiger partial charge in [-0.25, -0.2) is 0 Å². The third kappa shape index (κ3) is 6.85. The summed E-state index contributed by atoms with van der Waals surface area (Å²) in [5.74, 6) is 1.02. The Bertz CT molecular complexity index is 479. The number of aliphatic imine (C=N–C) groups is 1. The van der Waals surface area contributed by atoms with Crippen LogP contribution in [0.25, 0.3) is 0 Å². The summed E-state index contributed by atoms with van der Waals surface area (Å²) >= 11 is 1.83. The summed E-state index contributed by atoms with van der Waals surface area (Å²) < 4.78 is 0. The predicted molar refractivity (Wildman–Crippen MR) is 116 cm³/mol. The minimum absolute atomic E-state index is 0. The summed E-state index contributed by atoms with van der Waals surface area (Å²) in [6, 6.07) is 4.83. The maximum Gasteiger partial charge on any atom is 0.193 e.